The van der Waals surface area contributed by atoms with Crippen molar-refractivity contribution < 1.29 is 0 Å². The van der Waals surface area contributed by atoms with Crippen LogP contribution < -0.4 is 11.1 Å². The summed E-state index contributed by atoms with van der Waals surface area (Å²) in [5.74, 6) is 1.52. The summed E-state index contributed by atoms with van der Waals surface area (Å²) in [7, 11) is 0. The molecule has 0 aromatic carbocycles. The number of hydrogen-bond donors (Lipinski definition) is 2. The van der Waals surface area contributed by atoms with Crippen molar-refractivity contribution >= 4 is 21.7 Å². The van der Waals surface area contributed by atoms with Crippen LogP contribution in [0.25, 0.3) is 0 Å². The van der Waals surface area contributed by atoms with Gasteiger partial charge in [-0.2, -0.15) is 0 Å². The lowest BCUT2D eigenvalue weighted by atomic mass is 10.0. The molecule has 1 unspecified atom stereocenters. The fraction of sp³-hybridized carbons (Fsp3) is 0.583. The molecule has 1 aromatic rings. The fourth-order valence-electron chi connectivity index (χ4n) is 1.57. The van der Waals surface area contributed by atoms with Gasteiger partial charge in [-0.15, -0.1) is 0 Å². The molecule has 0 saturated heterocycles. The Labute approximate surface area is 106 Å². The first-order chi connectivity index (χ1) is 7.49. The van der Waals surface area contributed by atoms with Gasteiger partial charge < -0.3 is 11.1 Å². The summed E-state index contributed by atoms with van der Waals surface area (Å²) in [6.07, 6.45) is 1.03. The monoisotopic (exact) mass is 285 g/mol. The highest BCUT2D eigenvalue weighted by atomic mass is 79.9. The molecule has 4 heteroatoms. The largest absolute Gasteiger partial charge is 0.369 e. The van der Waals surface area contributed by atoms with E-state index >= 15 is 0 Å². The Kier molecular flexibility index (Phi) is 5.22. The van der Waals surface area contributed by atoms with Crippen LogP contribution in [-0.2, 0) is 0 Å². The van der Waals surface area contributed by atoms with Crippen LogP contribution in [0.4, 0.5) is 5.82 Å². The first kappa shape index (κ1) is 13.5. The van der Waals surface area contributed by atoms with Crippen molar-refractivity contribution in [3.63, 3.8) is 0 Å². The molecule has 0 bridgehead atoms. The molecule has 0 aliphatic heterocycles. The molecule has 3 nitrogen and oxygen atoms in total. The van der Waals surface area contributed by atoms with Gasteiger partial charge in [0.2, 0.25) is 0 Å². The number of nitrogens with one attached hydrogen (secondary N) is 1. The van der Waals surface area contributed by atoms with E-state index in [1.54, 1.807) is 0 Å². The van der Waals surface area contributed by atoms with E-state index in [4.69, 9.17) is 5.73 Å². The molecule has 1 heterocycles. The molecular weight excluding hydrogens is 266 g/mol. The van der Waals surface area contributed by atoms with Crippen LogP contribution in [0.5, 0.6) is 0 Å². The van der Waals surface area contributed by atoms with Crippen LogP contribution in [0, 0.1) is 12.8 Å². The molecular formula is C12H20BrN3. The second kappa shape index (κ2) is 6.21. The molecule has 3 N–H and O–H groups in total. The Morgan fingerprint density at radius 2 is 2.12 bits per heavy atom. The Morgan fingerprint density at radius 3 is 2.69 bits per heavy atom. The van der Waals surface area contributed by atoms with Gasteiger partial charge in [-0.05, 0) is 47.3 Å². The molecule has 1 aromatic heterocycles. The third kappa shape index (κ3) is 4.49. The number of rotatable bonds is 5. The lowest BCUT2D eigenvalue weighted by Crippen LogP contribution is -2.30. The van der Waals surface area contributed by atoms with E-state index in [-0.39, 0.29) is 6.04 Å². The van der Waals surface area contributed by atoms with Crippen molar-refractivity contribution in [1.29, 1.82) is 0 Å². The van der Waals surface area contributed by atoms with E-state index in [2.05, 4.69) is 40.1 Å². The maximum absolute atomic E-state index is 5.99. The molecule has 90 valence electrons. The molecule has 0 fully saturated rings. The average molecular weight is 286 g/mol. The average Bonchev–Trinajstić information content (AvgIpc) is 2.19. The van der Waals surface area contributed by atoms with E-state index in [1.807, 2.05) is 19.1 Å². The second-order valence-corrected chi connectivity index (χ2v) is 5.39. The highest BCUT2D eigenvalue weighted by molar-refractivity contribution is 9.10. The smallest absolute Gasteiger partial charge is 0.126 e. The van der Waals surface area contributed by atoms with Gasteiger partial charge >= 0.3 is 0 Å². The molecule has 0 aliphatic carbocycles. The van der Waals surface area contributed by atoms with Gasteiger partial charge in [0.1, 0.15) is 5.82 Å². The Balaban J connectivity index is 2.45. The SMILES string of the molecule is Cc1nc(NCC(N)CC(C)C)ccc1Br. The normalized spacial score (nSPS) is 12.9. The summed E-state index contributed by atoms with van der Waals surface area (Å²) in [5, 5.41) is 3.26. The predicted octanol–water partition coefficient (Wildman–Crippen LogP) is 2.94. The van der Waals surface area contributed by atoms with Crippen LogP contribution in [-0.4, -0.2) is 17.6 Å². The van der Waals surface area contributed by atoms with Gasteiger partial charge in [0.05, 0.1) is 5.69 Å². The van der Waals surface area contributed by atoms with E-state index in [1.165, 1.54) is 0 Å². The minimum atomic E-state index is 0.186. The fourth-order valence-corrected chi connectivity index (χ4v) is 1.79. The number of aryl methyl sites for hydroxylation is 1. The topological polar surface area (TPSA) is 50.9 Å². The molecule has 0 radical (unpaired) electrons. The maximum Gasteiger partial charge on any atom is 0.126 e. The van der Waals surface area contributed by atoms with Crippen molar-refractivity contribution in [1.82, 2.24) is 4.98 Å². The third-order valence-corrected chi connectivity index (χ3v) is 3.18. The van der Waals surface area contributed by atoms with Crippen molar-refractivity contribution in [3.8, 4) is 0 Å². The Bertz CT molecular complexity index is 339. The van der Waals surface area contributed by atoms with Crippen molar-refractivity contribution in [2.45, 2.75) is 33.2 Å². The summed E-state index contributed by atoms with van der Waals surface area (Å²) in [6.45, 7) is 7.11. The minimum Gasteiger partial charge on any atom is -0.369 e. The molecule has 16 heavy (non-hydrogen) atoms. The van der Waals surface area contributed by atoms with Crippen molar-refractivity contribution in [2.75, 3.05) is 11.9 Å². The number of aromatic nitrogens is 1. The number of nitrogens with two attached hydrogens (primary N) is 1. The first-order valence-electron chi connectivity index (χ1n) is 5.61. The molecule has 0 spiro atoms. The number of halogens is 1. The predicted molar refractivity (Wildman–Crippen MR) is 72.6 cm³/mol. The molecule has 0 aliphatic rings. The Morgan fingerprint density at radius 1 is 1.44 bits per heavy atom. The standard InChI is InChI=1S/C12H20BrN3/c1-8(2)6-10(14)7-15-12-5-4-11(13)9(3)16-12/h4-5,8,10H,6-7,14H2,1-3H3,(H,15,16). The highest BCUT2D eigenvalue weighted by Crippen LogP contribution is 2.16. The number of nitrogens with zero attached hydrogens (tertiary/aromatic N) is 1. The molecule has 0 amide bonds. The van der Waals surface area contributed by atoms with Gasteiger partial charge in [0, 0.05) is 17.1 Å². The second-order valence-electron chi connectivity index (χ2n) is 4.53. The van der Waals surface area contributed by atoms with Crippen LogP contribution in [0.2, 0.25) is 0 Å². The summed E-state index contributed by atoms with van der Waals surface area (Å²) < 4.78 is 1.03. The molecule has 1 atom stereocenters. The first-order valence-corrected chi connectivity index (χ1v) is 6.41. The molecule has 0 saturated carbocycles. The minimum absolute atomic E-state index is 0.186. The summed E-state index contributed by atoms with van der Waals surface area (Å²) >= 11 is 3.43. The van der Waals surface area contributed by atoms with Crippen LogP contribution in [0.3, 0.4) is 0 Å². The summed E-state index contributed by atoms with van der Waals surface area (Å²) in [4.78, 5) is 4.41. The van der Waals surface area contributed by atoms with Gasteiger partial charge in [-0.3, -0.25) is 0 Å². The van der Waals surface area contributed by atoms with Crippen molar-refractivity contribution in [2.24, 2.45) is 11.7 Å². The van der Waals surface area contributed by atoms with Gasteiger partial charge in [0.15, 0.2) is 0 Å². The third-order valence-electron chi connectivity index (χ3n) is 2.34. The van der Waals surface area contributed by atoms with Crippen LogP contribution in [0.1, 0.15) is 26.0 Å². The lowest BCUT2D eigenvalue weighted by molar-refractivity contribution is 0.508. The van der Waals surface area contributed by atoms with Crippen LogP contribution >= 0.6 is 15.9 Å². The number of hydrogen-bond acceptors (Lipinski definition) is 3. The summed E-state index contributed by atoms with van der Waals surface area (Å²) in [5.41, 5.74) is 6.98. The quantitative estimate of drug-likeness (QED) is 0.875. The van der Waals surface area contributed by atoms with E-state index < -0.39 is 0 Å². The number of anilines is 1. The summed E-state index contributed by atoms with van der Waals surface area (Å²) in [6, 6.07) is 4.14. The van der Waals surface area contributed by atoms with E-state index in [9.17, 15) is 0 Å². The van der Waals surface area contributed by atoms with E-state index in [0.717, 1.165) is 29.0 Å². The van der Waals surface area contributed by atoms with Gasteiger partial charge in [0.25, 0.3) is 0 Å². The van der Waals surface area contributed by atoms with Crippen LogP contribution in [0.15, 0.2) is 16.6 Å². The molecule has 1 rings (SSSR count). The van der Waals surface area contributed by atoms with Crippen molar-refractivity contribution in [3.05, 3.63) is 22.3 Å². The van der Waals surface area contributed by atoms with Gasteiger partial charge in [-0.1, -0.05) is 13.8 Å². The Hall–Kier alpha value is -0.610. The zero-order valence-electron chi connectivity index (χ0n) is 10.1. The number of pyridine rings is 1. The lowest BCUT2D eigenvalue weighted by Gasteiger charge is -2.15. The van der Waals surface area contributed by atoms with E-state index in [0.29, 0.717) is 5.92 Å². The maximum atomic E-state index is 5.99. The highest BCUT2D eigenvalue weighted by Gasteiger charge is 2.06. The zero-order valence-corrected chi connectivity index (χ0v) is 11.7. The zero-order chi connectivity index (χ0) is 12.1. The van der Waals surface area contributed by atoms with Gasteiger partial charge in [-0.25, -0.2) is 4.98 Å².